The molecule has 0 N–H and O–H groups in total. The molecule has 1 unspecified atom stereocenters. The highest BCUT2D eigenvalue weighted by Crippen LogP contribution is 2.14. The van der Waals surface area contributed by atoms with Crippen LogP contribution in [-0.2, 0) is 4.84 Å². The molecular formula is C9H8N2O. The topological polar surface area (TPSA) is 34.5 Å². The van der Waals surface area contributed by atoms with Crippen molar-refractivity contribution in [3.8, 4) is 12.3 Å². The number of nitrogens with zero attached hydrogens (tertiary/aromatic N) is 2. The second-order valence-corrected chi connectivity index (χ2v) is 2.07. The Morgan fingerprint density at radius 1 is 1.75 bits per heavy atom. The van der Waals surface area contributed by atoms with Crippen LogP contribution in [0.15, 0.2) is 29.7 Å². The van der Waals surface area contributed by atoms with Gasteiger partial charge in [0.2, 0.25) is 6.10 Å². The first-order valence-electron chi connectivity index (χ1n) is 3.36. The lowest BCUT2D eigenvalue weighted by Gasteiger charge is -2.06. The second kappa shape index (κ2) is 4.14. The Morgan fingerprint density at radius 2 is 2.58 bits per heavy atom. The van der Waals surface area contributed by atoms with Crippen molar-refractivity contribution in [1.29, 1.82) is 0 Å². The van der Waals surface area contributed by atoms with Crippen LogP contribution in [0.25, 0.3) is 0 Å². The normalized spacial score (nSPS) is 11.2. The number of hydrogen-bond donors (Lipinski definition) is 0. The van der Waals surface area contributed by atoms with Crippen molar-refractivity contribution < 1.29 is 4.84 Å². The summed E-state index contributed by atoms with van der Waals surface area (Å²) in [5.74, 6) is 2.42. The van der Waals surface area contributed by atoms with Crippen LogP contribution in [0.3, 0.4) is 0 Å². The molecule has 60 valence electrons. The van der Waals surface area contributed by atoms with E-state index < -0.39 is 6.10 Å². The Bertz CT molecular complexity index is 289. The van der Waals surface area contributed by atoms with Gasteiger partial charge in [-0.25, -0.2) is 0 Å². The summed E-state index contributed by atoms with van der Waals surface area (Å²) < 4.78 is 0. The summed E-state index contributed by atoms with van der Waals surface area (Å²) in [5, 5.41) is 3.26. The molecule has 3 nitrogen and oxygen atoms in total. The van der Waals surface area contributed by atoms with Crippen LogP contribution < -0.4 is 0 Å². The molecule has 0 bridgehead atoms. The first kappa shape index (κ1) is 8.28. The smallest absolute Gasteiger partial charge is 0.213 e. The summed E-state index contributed by atoms with van der Waals surface area (Å²) in [6.07, 6.45) is 8.01. The highest BCUT2D eigenvalue weighted by atomic mass is 16.6. The molecule has 1 atom stereocenters. The minimum Gasteiger partial charge on any atom is -0.375 e. The fraction of sp³-hybridized carbons (Fsp3) is 0.111. The predicted octanol–water partition coefficient (Wildman–Crippen LogP) is 1.39. The molecule has 0 radical (unpaired) electrons. The van der Waals surface area contributed by atoms with Gasteiger partial charge < -0.3 is 4.84 Å². The van der Waals surface area contributed by atoms with Crippen LogP contribution in [-0.4, -0.2) is 11.7 Å². The van der Waals surface area contributed by atoms with Gasteiger partial charge in [0.15, 0.2) is 0 Å². The molecule has 0 aromatic carbocycles. The van der Waals surface area contributed by atoms with E-state index in [0.717, 1.165) is 5.56 Å². The third-order valence-electron chi connectivity index (χ3n) is 1.32. The van der Waals surface area contributed by atoms with Crippen LogP contribution in [0.4, 0.5) is 0 Å². The summed E-state index contributed by atoms with van der Waals surface area (Å²) in [5.41, 5.74) is 0.799. The first-order chi connectivity index (χ1) is 5.88. The number of terminal acetylenes is 1. The minimum absolute atomic E-state index is 0.490. The first-order valence-corrected chi connectivity index (χ1v) is 3.36. The van der Waals surface area contributed by atoms with Crippen molar-refractivity contribution in [2.24, 2.45) is 5.16 Å². The second-order valence-electron chi connectivity index (χ2n) is 2.07. The van der Waals surface area contributed by atoms with Crippen LogP contribution in [0, 0.1) is 12.3 Å². The third kappa shape index (κ3) is 1.83. The molecule has 0 aliphatic rings. The van der Waals surface area contributed by atoms with Gasteiger partial charge in [0, 0.05) is 24.7 Å². The van der Waals surface area contributed by atoms with Crippen molar-refractivity contribution in [2.75, 3.05) is 0 Å². The Hall–Kier alpha value is -1.82. The van der Waals surface area contributed by atoms with Gasteiger partial charge in [0.1, 0.15) is 0 Å². The van der Waals surface area contributed by atoms with E-state index in [1.807, 2.05) is 6.07 Å². The van der Waals surface area contributed by atoms with E-state index in [9.17, 15) is 0 Å². The zero-order valence-electron chi connectivity index (χ0n) is 6.47. The average Bonchev–Trinajstić information content (AvgIpc) is 2.15. The Morgan fingerprint density at radius 3 is 3.08 bits per heavy atom. The van der Waals surface area contributed by atoms with Crippen LogP contribution in [0.2, 0.25) is 0 Å². The van der Waals surface area contributed by atoms with Crippen molar-refractivity contribution in [1.82, 2.24) is 4.98 Å². The van der Waals surface area contributed by atoms with Crippen molar-refractivity contribution in [2.45, 2.75) is 6.10 Å². The summed E-state index contributed by atoms with van der Waals surface area (Å²) in [4.78, 5) is 8.71. The molecule has 0 amide bonds. The molecule has 1 heterocycles. The average molecular weight is 160 g/mol. The van der Waals surface area contributed by atoms with Crippen molar-refractivity contribution in [3.05, 3.63) is 30.1 Å². The maximum absolute atomic E-state index is 5.20. The molecule has 0 fully saturated rings. The van der Waals surface area contributed by atoms with Gasteiger partial charge in [0.25, 0.3) is 0 Å². The van der Waals surface area contributed by atoms with E-state index in [0.29, 0.717) is 0 Å². The van der Waals surface area contributed by atoms with E-state index >= 15 is 0 Å². The maximum atomic E-state index is 5.20. The number of oxime groups is 1. The number of pyridine rings is 1. The molecule has 3 heteroatoms. The standard InChI is InChI=1S/C9H8N2O/c1-3-9(12-10-2)8-5-4-6-11-7-8/h1,4-7,9H,2H2. The van der Waals surface area contributed by atoms with E-state index in [1.165, 1.54) is 0 Å². The van der Waals surface area contributed by atoms with E-state index in [1.54, 1.807) is 18.5 Å². The maximum Gasteiger partial charge on any atom is 0.213 e. The van der Waals surface area contributed by atoms with Crippen molar-refractivity contribution >= 4 is 6.72 Å². The fourth-order valence-electron chi connectivity index (χ4n) is 0.793. The monoisotopic (exact) mass is 160 g/mol. The van der Waals surface area contributed by atoms with E-state index in [2.05, 4.69) is 22.8 Å². The molecular weight excluding hydrogens is 152 g/mol. The summed E-state index contributed by atoms with van der Waals surface area (Å²) >= 11 is 0. The van der Waals surface area contributed by atoms with Crippen LogP contribution >= 0.6 is 0 Å². The minimum atomic E-state index is -0.490. The Labute approximate surface area is 71.1 Å². The molecule has 12 heavy (non-hydrogen) atoms. The fourth-order valence-corrected chi connectivity index (χ4v) is 0.793. The van der Waals surface area contributed by atoms with E-state index in [4.69, 9.17) is 11.3 Å². The SMILES string of the molecule is C#CC(ON=C)c1cccnc1. The molecule has 1 aromatic rings. The number of hydrogen-bond acceptors (Lipinski definition) is 3. The predicted molar refractivity (Wildman–Crippen MR) is 46.4 cm³/mol. The van der Waals surface area contributed by atoms with Gasteiger partial charge in [-0.05, 0) is 6.07 Å². The molecule has 1 rings (SSSR count). The Balaban J connectivity index is 2.82. The molecule has 1 aromatic heterocycles. The third-order valence-corrected chi connectivity index (χ3v) is 1.32. The van der Waals surface area contributed by atoms with Crippen LogP contribution in [0.1, 0.15) is 11.7 Å². The van der Waals surface area contributed by atoms with E-state index in [-0.39, 0.29) is 0 Å². The lowest BCUT2D eigenvalue weighted by atomic mass is 10.2. The lowest BCUT2D eigenvalue weighted by Crippen LogP contribution is -1.97. The summed E-state index contributed by atoms with van der Waals surface area (Å²) in [7, 11) is 0. The number of rotatable bonds is 3. The highest BCUT2D eigenvalue weighted by molar-refractivity contribution is 5.23. The zero-order valence-corrected chi connectivity index (χ0v) is 6.47. The molecule has 0 aliphatic carbocycles. The zero-order chi connectivity index (χ0) is 8.81. The van der Waals surface area contributed by atoms with Crippen molar-refractivity contribution in [3.63, 3.8) is 0 Å². The summed E-state index contributed by atoms with van der Waals surface area (Å²) in [6.45, 7) is 3.19. The van der Waals surface area contributed by atoms with Gasteiger partial charge in [-0.3, -0.25) is 4.98 Å². The summed E-state index contributed by atoms with van der Waals surface area (Å²) in [6, 6.07) is 3.61. The largest absolute Gasteiger partial charge is 0.375 e. The molecule has 0 saturated heterocycles. The van der Waals surface area contributed by atoms with Gasteiger partial charge in [0.05, 0.1) is 0 Å². The Kier molecular flexibility index (Phi) is 2.86. The quantitative estimate of drug-likeness (QED) is 0.380. The molecule has 0 spiro atoms. The van der Waals surface area contributed by atoms with Gasteiger partial charge >= 0.3 is 0 Å². The molecule has 0 aliphatic heterocycles. The number of aromatic nitrogens is 1. The highest BCUT2D eigenvalue weighted by Gasteiger charge is 2.07. The molecule has 0 saturated carbocycles. The van der Waals surface area contributed by atoms with Crippen LogP contribution in [0.5, 0.6) is 0 Å². The lowest BCUT2D eigenvalue weighted by molar-refractivity contribution is 0.102. The van der Waals surface area contributed by atoms with Gasteiger partial charge in [-0.15, -0.1) is 11.6 Å². The van der Waals surface area contributed by atoms with Gasteiger partial charge in [-0.1, -0.05) is 12.0 Å². The van der Waals surface area contributed by atoms with Gasteiger partial charge in [-0.2, -0.15) is 0 Å².